The van der Waals surface area contributed by atoms with Crippen molar-refractivity contribution < 1.29 is 23.5 Å². The zero-order valence-electron chi connectivity index (χ0n) is 12.1. The van der Waals surface area contributed by atoms with Crippen molar-refractivity contribution in [2.45, 2.75) is 0 Å². The number of hydrogen-bond acceptors (Lipinski definition) is 4. The fraction of sp³-hybridized carbons (Fsp3) is 0.0625. The van der Waals surface area contributed by atoms with E-state index in [9.17, 15) is 18.8 Å². The van der Waals surface area contributed by atoms with Crippen LogP contribution in [0.5, 0.6) is 0 Å². The lowest BCUT2D eigenvalue weighted by Crippen LogP contribution is -2.29. The Bertz CT molecular complexity index is 744. The number of methoxy groups -OCH3 is 1. The standard InChI is InChI=1S/C16H13FN2O4/c1-23-16(22)10-5-7-12(8-6-10)18-14(20)15(21)19-13-4-2-3-11(17)9-13/h2-9H,1H3,(H,18,20)(H,19,21). The van der Waals surface area contributed by atoms with E-state index in [0.29, 0.717) is 11.3 Å². The molecule has 23 heavy (non-hydrogen) atoms. The summed E-state index contributed by atoms with van der Waals surface area (Å²) in [5.74, 6) is -2.89. The summed E-state index contributed by atoms with van der Waals surface area (Å²) in [6, 6.07) is 11.0. The lowest BCUT2D eigenvalue weighted by atomic mass is 10.2. The van der Waals surface area contributed by atoms with Gasteiger partial charge < -0.3 is 15.4 Å². The van der Waals surface area contributed by atoms with Crippen LogP contribution in [0.25, 0.3) is 0 Å². The van der Waals surface area contributed by atoms with E-state index < -0.39 is 23.6 Å². The summed E-state index contributed by atoms with van der Waals surface area (Å²) in [4.78, 5) is 34.8. The minimum atomic E-state index is -0.937. The van der Waals surface area contributed by atoms with Gasteiger partial charge in [0.05, 0.1) is 12.7 Å². The van der Waals surface area contributed by atoms with Crippen molar-refractivity contribution in [3.63, 3.8) is 0 Å². The Hall–Kier alpha value is -3.22. The Balaban J connectivity index is 1.98. The second-order valence-corrected chi connectivity index (χ2v) is 4.49. The molecule has 0 heterocycles. The average molecular weight is 316 g/mol. The zero-order valence-corrected chi connectivity index (χ0v) is 12.1. The second-order valence-electron chi connectivity index (χ2n) is 4.49. The molecular formula is C16H13FN2O4. The smallest absolute Gasteiger partial charge is 0.337 e. The van der Waals surface area contributed by atoms with Crippen LogP contribution in [-0.2, 0) is 14.3 Å². The van der Waals surface area contributed by atoms with Crippen LogP contribution in [-0.4, -0.2) is 24.9 Å². The van der Waals surface area contributed by atoms with Crippen LogP contribution in [0.15, 0.2) is 48.5 Å². The molecule has 118 valence electrons. The van der Waals surface area contributed by atoms with Gasteiger partial charge in [-0.15, -0.1) is 0 Å². The molecule has 2 aromatic rings. The summed E-state index contributed by atoms with van der Waals surface area (Å²) in [6.45, 7) is 0. The average Bonchev–Trinajstić information content (AvgIpc) is 2.54. The first-order valence-corrected chi connectivity index (χ1v) is 6.56. The van der Waals surface area contributed by atoms with Crippen LogP contribution < -0.4 is 10.6 Å². The fourth-order valence-electron chi connectivity index (χ4n) is 1.75. The maximum atomic E-state index is 13.0. The Labute approximate surface area is 131 Å². The molecule has 0 spiro atoms. The van der Waals surface area contributed by atoms with Gasteiger partial charge in [0.15, 0.2) is 0 Å². The highest BCUT2D eigenvalue weighted by molar-refractivity contribution is 6.43. The van der Waals surface area contributed by atoms with Gasteiger partial charge in [-0.3, -0.25) is 9.59 Å². The van der Waals surface area contributed by atoms with Crippen molar-refractivity contribution in [1.29, 1.82) is 0 Å². The number of anilines is 2. The largest absolute Gasteiger partial charge is 0.465 e. The molecule has 2 aromatic carbocycles. The molecule has 0 fully saturated rings. The number of esters is 1. The highest BCUT2D eigenvalue weighted by Crippen LogP contribution is 2.12. The predicted molar refractivity (Wildman–Crippen MR) is 81.4 cm³/mol. The second kappa shape index (κ2) is 7.17. The van der Waals surface area contributed by atoms with E-state index in [2.05, 4.69) is 15.4 Å². The molecule has 0 saturated carbocycles. The van der Waals surface area contributed by atoms with Crippen LogP contribution in [0.2, 0.25) is 0 Å². The number of hydrogen-bond donors (Lipinski definition) is 2. The Morgan fingerprint density at radius 1 is 0.913 bits per heavy atom. The van der Waals surface area contributed by atoms with Crippen LogP contribution in [0.1, 0.15) is 10.4 Å². The zero-order chi connectivity index (χ0) is 16.8. The third-order valence-corrected chi connectivity index (χ3v) is 2.85. The Kier molecular flexibility index (Phi) is 5.03. The van der Waals surface area contributed by atoms with Crippen molar-refractivity contribution in [2.24, 2.45) is 0 Å². The van der Waals surface area contributed by atoms with E-state index >= 15 is 0 Å². The van der Waals surface area contributed by atoms with Crippen LogP contribution >= 0.6 is 0 Å². The normalized spacial score (nSPS) is 9.83. The van der Waals surface area contributed by atoms with Crippen molar-refractivity contribution in [2.75, 3.05) is 17.7 Å². The van der Waals surface area contributed by atoms with Gasteiger partial charge in [-0.25, -0.2) is 9.18 Å². The third kappa shape index (κ3) is 4.37. The van der Waals surface area contributed by atoms with E-state index in [1.54, 1.807) is 0 Å². The molecule has 0 aromatic heterocycles. The van der Waals surface area contributed by atoms with Gasteiger partial charge in [0, 0.05) is 11.4 Å². The summed E-state index contributed by atoms with van der Waals surface area (Å²) < 4.78 is 17.6. The molecule has 0 radical (unpaired) electrons. The van der Waals surface area contributed by atoms with Crippen LogP contribution in [0, 0.1) is 5.82 Å². The molecule has 6 nitrogen and oxygen atoms in total. The van der Waals surface area contributed by atoms with Gasteiger partial charge in [-0.05, 0) is 42.5 Å². The van der Waals surface area contributed by atoms with E-state index in [4.69, 9.17) is 0 Å². The topological polar surface area (TPSA) is 84.5 Å². The number of halogens is 1. The van der Waals surface area contributed by atoms with Gasteiger partial charge in [-0.2, -0.15) is 0 Å². The summed E-state index contributed by atoms with van der Waals surface area (Å²) >= 11 is 0. The van der Waals surface area contributed by atoms with Crippen molar-refractivity contribution in [3.8, 4) is 0 Å². The first kappa shape index (κ1) is 16.2. The molecule has 2 rings (SSSR count). The minimum absolute atomic E-state index is 0.172. The molecule has 0 bridgehead atoms. The minimum Gasteiger partial charge on any atom is -0.465 e. The number of carbonyl (C=O) groups excluding carboxylic acids is 3. The number of ether oxygens (including phenoxy) is 1. The summed E-state index contributed by atoms with van der Waals surface area (Å²) in [5, 5.41) is 4.64. The van der Waals surface area contributed by atoms with Crippen LogP contribution in [0.4, 0.5) is 15.8 Å². The number of carbonyl (C=O) groups is 3. The van der Waals surface area contributed by atoms with E-state index in [-0.39, 0.29) is 5.69 Å². The molecule has 2 N–H and O–H groups in total. The van der Waals surface area contributed by atoms with Crippen molar-refractivity contribution in [1.82, 2.24) is 0 Å². The van der Waals surface area contributed by atoms with Gasteiger partial charge in [0.1, 0.15) is 5.82 Å². The summed E-state index contributed by atoms with van der Waals surface area (Å²) in [6.07, 6.45) is 0. The van der Waals surface area contributed by atoms with Crippen LogP contribution in [0.3, 0.4) is 0 Å². The predicted octanol–water partition coefficient (Wildman–Crippen LogP) is 2.19. The number of amides is 2. The number of nitrogens with one attached hydrogen (secondary N) is 2. The molecule has 0 atom stereocenters. The maximum Gasteiger partial charge on any atom is 0.337 e. The highest BCUT2D eigenvalue weighted by Gasteiger charge is 2.14. The lowest BCUT2D eigenvalue weighted by Gasteiger charge is -2.07. The van der Waals surface area contributed by atoms with Crippen molar-refractivity contribution >= 4 is 29.2 Å². The monoisotopic (exact) mass is 316 g/mol. The molecule has 0 aliphatic heterocycles. The van der Waals surface area contributed by atoms with Gasteiger partial charge in [-0.1, -0.05) is 6.07 Å². The van der Waals surface area contributed by atoms with E-state index in [1.165, 1.54) is 49.6 Å². The van der Waals surface area contributed by atoms with Crippen molar-refractivity contribution in [3.05, 3.63) is 59.9 Å². The maximum absolute atomic E-state index is 13.0. The molecule has 0 aliphatic rings. The third-order valence-electron chi connectivity index (χ3n) is 2.85. The van der Waals surface area contributed by atoms with E-state index in [0.717, 1.165) is 6.07 Å². The number of rotatable bonds is 3. The number of benzene rings is 2. The molecule has 7 heteroatoms. The first-order chi connectivity index (χ1) is 11.0. The summed E-state index contributed by atoms with van der Waals surface area (Å²) in [5.41, 5.74) is 0.818. The molecule has 2 amide bonds. The highest BCUT2D eigenvalue weighted by atomic mass is 19.1. The summed E-state index contributed by atoms with van der Waals surface area (Å²) in [7, 11) is 1.26. The Morgan fingerprint density at radius 3 is 2.09 bits per heavy atom. The van der Waals surface area contributed by atoms with E-state index in [1.807, 2.05) is 0 Å². The quantitative estimate of drug-likeness (QED) is 0.671. The molecule has 0 saturated heterocycles. The lowest BCUT2D eigenvalue weighted by molar-refractivity contribution is -0.133. The van der Waals surface area contributed by atoms with Gasteiger partial charge >= 0.3 is 17.8 Å². The molecular weight excluding hydrogens is 303 g/mol. The molecule has 0 aliphatic carbocycles. The van der Waals surface area contributed by atoms with Gasteiger partial charge in [0.25, 0.3) is 0 Å². The fourth-order valence-corrected chi connectivity index (χ4v) is 1.75. The SMILES string of the molecule is COC(=O)c1ccc(NC(=O)C(=O)Nc2cccc(F)c2)cc1. The first-order valence-electron chi connectivity index (χ1n) is 6.56. The van der Waals surface area contributed by atoms with Gasteiger partial charge in [0.2, 0.25) is 0 Å². The Morgan fingerprint density at radius 2 is 1.52 bits per heavy atom. The molecule has 0 unspecified atom stereocenters.